The molecule has 0 saturated heterocycles. The largest absolute Gasteiger partial charge is 0.481 e. The topological polar surface area (TPSA) is 135 Å². The number of imide groups is 1. The number of aliphatic carboxylic acids is 1. The molecule has 1 aliphatic rings. The van der Waals surface area contributed by atoms with Crippen molar-refractivity contribution in [3.8, 4) is 0 Å². The average Bonchev–Trinajstić information content (AvgIpc) is 3.30. The van der Waals surface area contributed by atoms with Gasteiger partial charge < -0.3 is 10.0 Å². The van der Waals surface area contributed by atoms with Gasteiger partial charge in [-0.05, 0) is 87.2 Å². The van der Waals surface area contributed by atoms with Crippen LogP contribution in [0.15, 0.2) is 89.5 Å². The van der Waals surface area contributed by atoms with Crippen molar-refractivity contribution >= 4 is 45.0 Å². The Morgan fingerprint density at radius 2 is 1.60 bits per heavy atom. The molecule has 0 bridgehead atoms. The van der Waals surface area contributed by atoms with Crippen LogP contribution >= 0.6 is 0 Å². The van der Waals surface area contributed by atoms with Gasteiger partial charge in [-0.3, -0.25) is 23.8 Å². The molecule has 0 aliphatic carbocycles. The van der Waals surface area contributed by atoms with Crippen LogP contribution < -0.4 is 4.90 Å². The summed E-state index contributed by atoms with van der Waals surface area (Å²) in [5.41, 5.74) is 7.18. The zero-order chi connectivity index (χ0) is 36.6. The number of hydrogen-bond acceptors (Lipinski definition) is 6. The molecule has 0 fully saturated rings. The number of hydrogen-bond donors (Lipinski definition) is 2. The second-order valence-electron chi connectivity index (χ2n) is 12.6. The SMILES string of the molecule is CCC[N+](=C(C)/C=C/C=C(\C)N(CCCCCC(=O)O)c1ccc(S(=O)(=O)O)cc1C)c1ccc(CN2C(=O)c3ccccc3C2=O)cc1C. The standard InChI is InChI=1S/C39H45N3O7S/c1-6-22-40(35-20-18-31(24-27(35)2)26-42-38(45)33-15-9-10-16-34(33)39(42)46)29(4)13-12-14-30(5)41(23-11-7-8-17-37(43)44)36-21-19-32(25-28(36)3)50(47,48)49/h9-10,12-16,18-21,24-25H,6-8,11,17,22-23,26H2,1-5H3,(H-,43,44,47,48,49)/p+1. The maximum atomic E-state index is 12.9. The Kier molecular flexibility index (Phi) is 12.7. The van der Waals surface area contributed by atoms with Crippen molar-refractivity contribution in [2.75, 3.05) is 18.0 Å². The molecule has 0 radical (unpaired) electrons. The fourth-order valence-corrected chi connectivity index (χ4v) is 6.77. The monoisotopic (exact) mass is 700 g/mol. The van der Waals surface area contributed by atoms with E-state index in [1.165, 1.54) is 17.0 Å². The van der Waals surface area contributed by atoms with Crippen molar-refractivity contribution in [1.29, 1.82) is 0 Å². The number of carbonyl (C=O) groups is 3. The van der Waals surface area contributed by atoms with Gasteiger partial charge in [0.15, 0.2) is 5.71 Å². The lowest BCUT2D eigenvalue weighted by atomic mass is 10.1. The van der Waals surface area contributed by atoms with Gasteiger partial charge in [-0.25, -0.2) is 0 Å². The molecule has 2 amide bonds. The first kappa shape index (κ1) is 37.9. The van der Waals surface area contributed by atoms with Crippen molar-refractivity contribution in [3.63, 3.8) is 0 Å². The summed E-state index contributed by atoms with van der Waals surface area (Å²) in [6.45, 7) is 11.5. The molecule has 1 heterocycles. The van der Waals surface area contributed by atoms with Crippen LogP contribution in [-0.4, -0.2) is 64.1 Å². The lowest BCUT2D eigenvalue weighted by Crippen LogP contribution is -2.29. The number of allylic oxidation sites excluding steroid dienone is 4. The van der Waals surface area contributed by atoms with E-state index in [2.05, 4.69) is 16.4 Å². The number of aryl methyl sites for hydroxylation is 2. The first-order valence-corrected chi connectivity index (χ1v) is 18.2. The highest BCUT2D eigenvalue weighted by molar-refractivity contribution is 7.85. The van der Waals surface area contributed by atoms with Crippen molar-refractivity contribution in [1.82, 2.24) is 4.90 Å². The first-order chi connectivity index (χ1) is 23.7. The van der Waals surface area contributed by atoms with Gasteiger partial charge >= 0.3 is 5.97 Å². The lowest BCUT2D eigenvalue weighted by Gasteiger charge is -2.27. The molecular formula is C39H46N3O7S+. The fourth-order valence-electron chi connectivity index (χ4n) is 6.20. The van der Waals surface area contributed by atoms with E-state index < -0.39 is 16.1 Å². The molecule has 4 rings (SSSR count). The highest BCUT2D eigenvalue weighted by atomic mass is 32.2. The number of rotatable bonds is 16. The maximum Gasteiger partial charge on any atom is 0.303 e. The maximum absolute atomic E-state index is 12.9. The van der Waals surface area contributed by atoms with Gasteiger partial charge in [0.1, 0.15) is 6.54 Å². The average molecular weight is 701 g/mol. The van der Waals surface area contributed by atoms with E-state index >= 15 is 0 Å². The van der Waals surface area contributed by atoms with E-state index in [0.29, 0.717) is 29.7 Å². The Bertz CT molecular complexity index is 1940. The summed E-state index contributed by atoms with van der Waals surface area (Å²) in [6, 6.07) is 17.4. The molecule has 1 aliphatic heterocycles. The summed E-state index contributed by atoms with van der Waals surface area (Å²) in [5.74, 6) is -1.38. The molecule has 0 saturated carbocycles. The first-order valence-electron chi connectivity index (χ1n) is 16.8. The molecule has 0 spiro atoms. The number of carbonyl (C=O) groups excluding carboxylic acids is 2. The summed E-state index contributed by atoms with van der Waals surface area (Å²) < 4.78 is 35.2. The Hall–Kier alpha value is -4.87. The summed E-state index contributed by atoms with van der Waals surface area (Å²) in [5, 5.41) is 9.00. The molecular weight excluding hydrogens is 655 g/mol. The predicted octanol–water partition coefficient (Wildman–Crippen LogP) is 7.47. The molecule has 2 N–H and O–H groups in total. The van der Waals surface area contributed by atoms with Crippen LogP contribution in [0.3, 0.4) is 0 Å². The van der Waals surface area contributed by atoms with Gasteiger partial charge in [0.2, 0.25) is 5.69 Å². The van der Waals surface area contributed by atoms with Gasteiger partial charge in [-0.2, -0.15) is 13.0 Å². The zero-order valence-corrected chi connectivity index (χ0v) is 30.2. The Morgan fingerprint density at radius 3 is 2.18 bits per heavy atom. The van der Waals surface area contributed by atoms with Crippen molar-refractivity contribution < 1.29 is 37.0 Å². The molecule has 3 aromatic carbocycles. The van der Waals surface area contributed by atoms with Gasteiger partial charge in [-0.1, -0.05) is 37.6 Å². The van der Waals surface area contributed by atoms with E-state index in [1.807, 2.05) is 57.2 Å². The number of fused-ring (bicyclic) bond motifs is 1. The van der Waals surface area contributed by atoms with E-state index in [9.17, 15) is 27.4 Å². The quantitative estimate of drug-likeness (QED) is 0.0392. The third kappa shape index (κ3) is 9.22. The summed E-state index contributed by atoms with van der Waals surface area (Å²) in [4.78, 5) is 40.0. The molecule has 0 unspecified atom stereocenters. The molecule has 11 heteroatoms. The van der Waals surface area contributed by atoms with Crippen LogP contribution in [0.5, 0.6) is 0 Å². The van der Waals surface area contributed by atoms with Gasteiger partial charge in [0.05, 0.1) is 22.6 Å². The predicted molar refractivity (Wildman–Crippen MR) is 195 cm³/mol. The van der Waals surface area contributed by atoms with Gasteiger partial charge in [0, 0.05) is 55.4 Å². The molecule has 10 nitrogen and oxygen atoms in total. The number of amides is 2. The van der Waals surface area contributed by atoms with Gasteiger partial charge in [0.25, 0.3) is 21.9 Å². The van der Waals surface area contributed by atoms with Crippen LogP contribution in [0.2, 0.25) is 0 Å². The molecule has 264 valence electrons. The van der Waals surface area contributed by atoms with Crippen LogP contribution in [0.1, 0.15) is 90.3 Å². The van der Waals surface area contributed by atoms with Crippen molar-refractivity contribution in [2.24, 2.45) is 0 Å². The third-order valence-corrected chi connectivity index (χ3v) is 9.62. The summed E-state index contributed by atoms with van der Waals surface area (Å²) >= 11 is 0. The highest BCUT2D eigenvalue weighted by Crippen LogP contribution is 2.29. The zero-order valence-electron chi connectivity index (χ0n) is 29.3. The summed E-state index contributed by atoms with van der Waals surface area (Å²) in [6.07, 6.45) is 9.03. The smallest absolute Gasteiger partial charge is 0.303 e. The minimum atomic E-state index is -4.34. The molecule has 0 aromatic heterocycles. The molecule has 0 atom stereocenters. The number of benzene rings is 3. The van der Waals surface area contributed by atoms with Crippen molar-refractivity contribution in [2.45, 2.75) is 78.2 Å². The number of nitrogens with zero attached hydrogens (tertiary/aromatic N) is 3. The second kappa shape index (κ2) is 16.7. The number of carboxylic acids is 1. The normalized spacial score (nSPS) is 14.0. The van der Waals surface area contributed by atoms with E-state index in [0.717, 1.165) is 59.7 Å². The van der Waals surface area contributed by atoms with Crippen LogP contribution in [-0.2, 0) is 21.5 Å². The second-order valence-corrected chi connectivity index (χ2v) is 14.0. The Morgan fingerprint density at radius 1 is 0.920 bits per heavy atom. The number of carboxylic acid groups (broad SMARTS) is 1. The van der Waals surface area contributed by atoms with E-state index in [4.69, 9.17) is 5.11 Å². The minimum absolute atomic E-state index is 0.109. The number of unbranched alkanes of at least 4 members (excludes halogenated alkanes) is 2. The van der Waals surface area contributed by atoms with E-state index in [1.54, 1.807) is 37.3 Å². The molecule has 50 heavy (non-hydrogen) atoms. The summed E-state index contributed by atoms with van der Waals surface area (Å²) in [7, 11) is -4.34. The minimum Gasteiger partial charge on any atom is -0.481 e. The Labute approximate surface area is 294 Å². The number of anilines is 1. The fraction of sp³-hybridized carbons (Fsp3) is 0.333. The Balaban J connectivity index is 1.56. The third-order valence-electron chi connectivity index (χ3n) is 8.77. The van der Waals surface area contributed by atoms with Crippen LogP contribution in [0, 0.1) is 13.8 Å². The highest BCUT2D eigenvalue weighted by Gasteiger charge is 2.35. The molecule has 3 aromatic rings. The van der Waals surface area contributed by atoms with Gasteiger partial charge in [-0.15, -0.1) is 0 Å². The van der Waals surface area contributed by atoms with Crippen LogP contribution in [0.25, 0.3) is 0 Å². The van der Waals surface area contributed by atoms with E-state index in [-0.39, 0.29) is 29.7 Å². The van der Waals surface area contributed by atoms with Crippen LogP contribution in [0.4, 0.5) is 11.4 Å². The lowest BCUT2D eigenvalue weighted by molar-refractivity contribution is -0.440. The van der Waals surface area contributed by atoms with Crippen molar-refractivity contribution in [3.05, 3.63) is 112 Å².